The molecule has 1 N–H and O–H groups in total. The summed E-state index contributed by atoms with van der Waals surface area (Å²) in [6, 6.07) is 8.37. The van der Waals surface area contributed by atoms with Gasteiger partial charge in [0.15, 0.2) is 0 Å². The molecule has 6 heteroatoms. The SMILES string of the molecule is C=CCOc1ccc(C(=O)Nc2ccsc2C(=O)OC)cc1. The molecular formula is C16H15NO4S. The van der Waals surface area contributed by atoms with Crippen molar-refractivity contribution in [1.29, 1.82) is 0 Å². The Morgan fingerprint density at radius 3 is 2.64 bits per heavy atom. The summed E-state index contributed by atoms with van der Waals surface area (Å²) in [6.45, 7) is 3.97. The number of hydrogen-bond donors (Lipinski definition) is 1. The lowest BCUT2D eigenvalue weighted by Crippen LogP contribution is -2.13. The fourth-order valence-corrected chi connectivity index (χ4v) is 2.48. The minimum atomic E-state index is -0.474. The number of esters is 1. The van der Waals surface area contributed by atoms with E-state index in [1.807, 2.05) is 0 Å². The first-order valence-corrected chi connectivity index (χ1v) is 7.34. The maximum atomic E-state index is 12.2. The maximum absolute atomic E-state index is 12.2. The molecule has 0 aliphatic heterocycles. The van der Waals surface area contributed by atoms with Crippen LogP contribution >= 0.6 is 11.3 Å². The molecule has 2 aromatic rings. The van der Waals surface area contributed by atoms with Crippen LogP contribution < -0.4 is 10.1 Å². The van der Waals surface area contributed by atoms with Gasteiger partial charge in [0, 0.05) is 5.56 Å². The van der Waals surface area contributed by atoms with Crippen LogP contribution in [0.2, 0.25) is 0 Å². The fourth-order valence-electron chi connectivity index (χ4n) is 1.71. The minimum Gasteiger partial charge on any atom is -0.490 e. The Morgan fingerprint density at radius 2 is 2.00 bits per heavy atom. The molecule has 1 amide bonds. The lowest BCUT2D eigenvalue weighted by Gasteiger charge is -2.07. The number of nitrogens with one attached hydrogen (secondary N) is 1. The molecule has 2 rings (SSSR count). The van der Waals surface area contributed by atoms with Crippen molar-refractivity contribution < 1.29 is 19.1 Å². The van der Waals surface area contributed by atoms with Crippen LogP contribution in [0.25, 0.3) is 0 Å². The van der Waals surface area contributed by atoms with Crippen molar-refractivity contribution in [3.8, 4) is 5.75 Å². The number of methoxy groups -OCH3 is 1. The van der Waals surface area contributed by atoms with E-state index < -0.39 is 5.97 Å². The Labute approximate surface area is 132 Å². The van der Waals surface area contributed by atoms with Gasteiger partial charge in [0.2, 0.25) is 0 Å². The fraction of sp³-hybridized carbons (Fsp3) is 0.125. The van der Waals surface area contributed by atoms with Crippen molar-refractivity contribution in [2.45, 2.75) is 0 Å². The van der Waals surface area contributed by atoms with E-state index in [4.69, 9.17) is 4.74 Å². The number of benzene rings is 1. The second-order valence-corrected chi connectivity index (χ2v) is 5.15. The molecule has 0 unspecified atom stereocenters. The van der Waals surface area contributed by atoms with E-state index in [-0.39, 0.29) is 5.91 Å². The lowest BCUT2D eigenvalue weighted by atomic mass is 10.2. The number of thiophene rings is 1. The van der Waals surface area contributed by atoms with Crippen LogP contribution in [0.1, 0.15) is 20.0 Å². The van der Waals surface area contributed by atoms with Crippen molar-refractivity contribution in [3.05, 3.63) is 58.8 Å². The molecule has 1 heterocycles. The van der Waals surface area contributed by atoms with E-state index in [9.17, 15) is 9.59 Å². The van der Waals surface area contributed by atoms with Gasteiger partial charge < -0.3 is 14.8 Å². The monoisotopic (exact) mass is 317 g/mol. The van der Waals surface area contributed by atoms with Crippen LogP contribution in [-0.2, 0) is 4.74 Å². The highest BCUT2D eigenvalue weighted by molar-refractivity contribution is 7.12. The summed E-state index contributed by atoms with van der Waals surface area (Å²) in [6.07, 6.45) is 1.64. The number of amides is 1. The molecule has 0 atom stereocenters. The van der Waals surface area contributed by atoms with Gasteiger partial charge in [0.05, 0.1) is 12.8 Å². The van der Waals surface area contributed by atoms with E-state index in [1.54, 1.807) is 41.8 Å². The molecule has 0 radical (unpaired) electrons. The zero-order valence-electron chi connectivity index (χ0n) is 12.0. The van der Waals surface area contributed by atoms with Crippen LogP contribution in [0.4, 0.5) is 5.69 Å². The molecule has 114 valence electrons. The van der Waals surface area contributed by atoms with E-state index in [2.05, 4.69) is 16.6 Å². The van der Waals surface area contributed by atoms with Gasteiger partial charge in [-0.1, -0.05) is 12.7 Å². The second-order valence-electron chi connectivity index (χ2n) is 4.23. The quantitative estimate of drug-likeness (QED) is 0.655. The summed E-state index contributed by atoms with van der Waals surface area (Å²) in [5, 5.41) is 4.41. The lowest BCUT2D eigenvalue weighted by molar-refractivity contribution is 0.0607. The van der Waals surface area contributed by atoms with Gasteiger partial charge in [-0.25, -0.2) is 4.79 Å². The number of anilines is 1. The summed E-state index contributed by atoms with van der Waals surface area (Å²) in [4.78, 5) is 24.1. The van der Waals surface area contributed by atoms with Gasteiger partial charge in [-0.05, 0) is 35.7 Å². The summed E-state index contributed by atoms with van der Waals surface area (Å²) < 4.78 is 10.0. The van der Waals surface area contributed by atoms with Crippen molar-refractivity contribution in [3.63, 3.8) is 0 Å². The van der Waals surface area contributed by atoms with Gasteiger partial charge in [-0.2, -0.15) is 0 Å². The van der Waals surface area contributed by atoms with Gasteiger partial charge in [0.25, 0.3) is 5.91 Å². The highest BCUT2D eigenvalue weighted by Gasteiger charge is 2.16. The highest BCUT2D eigenvalue weighted by Crippen LogP contribution is 2.24. The van der Waals surface area contributed by atoms with Crippen LogP contribution in [-0.4, -0.2) is 25.6 Å². The van der Waals surface area contributed by atoms with Crippen LogP contribution in [0, 0.1) is 0 Å². The Bertz CT molecular complexity index is 676. The normalized spacial score (nSPS) is 9.86. The third kappa shape index (κ3) is 3.73. The van der Waals surface area contributed by atoms with E-state index in [0.29, 0.717) is 28.5 Å². The summed E-state index contributed by atoms with van der Waals surface area (Å²) in [5.41, 5.74) is 0.904. The number of ether oxygens (including phenoxy) is 2. The molecule has 0 saturated carbocycles. The summed E-state index contributed by atoms with van der Waals surface area (Å²) in [7, 11) is 1.30. The topological polar surface area (TPSA) is 64.6 Å². The first-order valence-electron chi connectivity index (χ1n) is 6.46. The van der Waals surface area contributed by atoms with Crippen molar-refractivity contribution >= 4 is 28.9 Å². The molecule has 5 nitrogen and oxygen atoms in total. The Balaban J connectivity index is 2.08. The van der Waals surface area contributed by atoms with Gasteiger partial charge in [0.1, 0.15) is 17.2 Å². The molecule has 0 bridgehead atoms. The predicted octanol–water partition coefficient (Wildman–Crippen LogP) is 3.35. The second kappa shape index (κ2) is 7.42. The zero-order chi connectivity index (χ0) is 15.9. The van der Waals surface area contributed by atoms with Crippen LogP contribution in [0.3, 0.4) is 0 Å². The molecule has 0 aliphatic carbocycles. The average Bonchev–Trinajstić information content (AvgIpc) is 3.00. The number of hydrogen-bond acceptors (Lipinski definition) is 5. The third-order valence-corrected chi connectivity index (χ3v) is 3.66. The largest absolute Gasteiger partial charge is 0.490 e. The van der Waals surface area contributed by atoms with Gasteiger partial charge in [-0.3, -0.25) is 4.79 Å². The Hall–Kier alpha value is -2.60. The van der Waals surface area contributed by atoms with Crippen LogP contribution in [0.15, 0.2) is 48.4 Å². The zero-order valence-corrected chi connectivity index (χ0v) is 12.8. The Morgan fingerprint density at radius 1 is 1.27 bits per heavy atom. The standard InChI is InChI=1S/C16H15NO4S/c1-3-9-21-12-6-4-11(5-7-12)15(18)17-13-8-10-22-14(13)16(19)20-2/h3-8,10H,1,9H2,2H3,(H,17,18). The molecular weight excluding hydrogens is 302 g/mol. The molecule has 0 spiro atoms. The Kier molecular flexibility index (Phi) is 5.32. The first-order chi connectivity index (χ1) is 10.7. The highest BCUT2D eigenvalue weighted by atomic mass is 32.1. The van der Waals surface area contributed by atoms with E-state index in [1.165, 1.54) is 18.4 Å². The van der Waals surface area contributed by atoms with Crippen molar-refractivity contribution in [1.82, 2.24) is 0 Å². The summed E-state index contributed by atoms with van der Waals surface area (Å²) in [5.74, 6) is -0.125. The number of carbonyl (C=O) groups excluding carboxylic acids is 2. The molecule has 0 aliphatic rings. The maximum Gasteiger partial charge on any atom is 0.350 e. The predicted molar refractivity (Wildman–Crippen MR) is 85.7 cm³/mol. The third-order valence-electron chi connectivity index (χ3n) is 2.77. The molecule has 0 saturated heterocycles. The number of carbonyl (C=O) groups is 2. The van der Waals surface area contributed by atoms with Crippen LogP contribution in [0.5, 0.6) is 5.75 Å². The average molecular weight is 317 g/mol. The van der Waals surface area contributed by atoms with Gasteiger partial charge in [-0.15, -0.1) is 11.3 Å². The van der Waals surface area contributed by atoms with Gasteiger partial charge >= 0.3 is 5.97 Å². The first kappa shape index (κ1) is 15.8. The van der Waals surface area contributed by atoms with Crippen molar-refractivity contribution in [2.24, 2.45) is 0 Å². The minimum absolute atomic E-state index is 0.307. The van der Waals surface area contributed by atoms with Crippen molar-refractivity contribution in [2.75, 3.05) is 19.0 Å². The van der Waals surface area contributed by atoms with E-state index >= 15 is 0 Å². The summed E-state index contributed by atoms with van der Waals surface area (Å²) >= 11 is 1.21. The number of rotatable bonds is 6. The van der Waals surface area contributed by atoms with E-state index in [0.717, 1.165) is 0 Å². The molecule has 0 fully saturated rings. The molecule has 22 heavy (non-hydrogen) atoms. The molecule has 1 aromatic heterocycles. The molecule has 1 aromatic carbocycles. The smallest absolute Gasteiger partial charge is 0.350 e.